The van der Waals surface area contributed by atoms with E-state index < -0.39 is 0 Å². The molecule has 0 N–H and O–H groups in total. The fourth-order valence-corrected chi connectivity index (χ4v) is 2.96. The quantitative estimate of drug-likeness (QED) is 0.701. The van der Waals surface area contributed by atoms with Gasteiger partial charge in [-0.15, -0.1) is 10.2 Å². The fourth-order valence-electron chi connectivity index (χ4n) is 2.96. The molecule has 0 radical (unpaired) electrons. The van der Waals surface area contributed by atoms with Gasteiger partial charge in [-0.05, 0) is 12.3 Å². The minimum absolute atomic E-state index is 0.0105. The highest BCUT2D eigenvalue weighted by Crippen LogP contribution is 2.31. The normalized spacial score (nSPS) is 26.7. The maximum absolute atomic E-state index is 12.2. The number of hydrogen-bond acceptors (Lipinski definition) is 4. The Bertz CT molecular complexity index is 486. The molecule has 7 heteroatoms. The minimum Gasteiger partial charge on any atom is -0.345 e. The second-order valence-electron chi connectivity index (χ2n) is 5.35. The van der Waals surface area contributed by atoms with Gasteiger partial charge in [-0.1, -0.05) is 0 Å². The number of carbonyl (C=O) groups is 2. The lowest BCUT2D eigenvalue weighted by Crippen LogP contribution is -2.42. The van der Waals surface area contributed by atoms with Gasteiger partial charge in [-0.25, -0.2) is 0 Å². The lowest BCUT2D eigenvalue weighted by Gasteiger charge is -2.30. The Morgan fingerprint density at radius 2 is 2.11 bits per heavy atom. The van der Waals surface area contributed by atoms with Gasteiger partial charge in [0.1, 0.15) is 19.2 Å². The first-order valence-electron chi connectivity index (χ1n) is 6.50. The van der Waals surface area contributed by atoms with Gasteiger partial charge in [-0.3, -0.25) is 9.59 Å². The second-order valence-corrected chi connectivity index (χ2v) is 5.35. The summed E-state index contributed by atoms with van der Waals surface area (Å²) in [5, 5.41) is 7.36. The summed E-state index contributed by atoms with van der Waals surface area (Å²) >= 11 is 0. The number of carbonyl (C=O) groups excluding carboxylic acids is 2. The number of rotatable bonds is 2. The van der Waals surface area contributed by atoms with E-state index in [4.69, 9.17) is 0 Å². The van der Waals surface area contributed by atoms with Crippen LogP contribution in [0, 0.1) is 11.8 Å². The average Bonchev–Trinajstić information content (AvgIpc) is 3.02. The van der Waals surface area contributed by atoms with Crippen LogP contribution in [-0.2, 0) is 16.1 Å². The van der Waals surface area contributed by atoms with Gasteiger partial charge in [0.05, 0.1) is 5.92 Å². The Morgan fingerprint density at radius 3 is 2.84 bits per heavy atom. The van der Waals surface area contributed by atoms with E-state index in [-0.39, 0.29) is 24.3 Å². The second kappa shape index (κ2) is 4.64. The zero-order chi connectivity index (χ0) is 13.4. The molecule has 2 atom stereocenters. The summed E-state index contributed by atoms with van der Waals surface area (Å²) in [6.45, 7) is 2.30. The zero-order valence-corrected chi connectivity index (χ0v) is 10.9. The van der Waals surface area contributed by atoms with E-state index in [1.54, 1.807) is 14.4 Å². The first-order valence-corrected chi connectivity index (χ1v) is 6.50. The number of amides is 2. The summed E-state index contributed by atoms with van der Waals surface area (Å²) in [4.78, 5) is 27.8. The van der Waals surface area contributed by atoms with Gasteiger partial charge in [0.25, 0.3) is 0 Å². The van der Waals surface area contributed by atoms with E-state index in [1.165, 1.54) is 12.7 Å². The van der Waals surface area contributed by atoms with Crippen LogP contribution in [0.2, 0.25) is 0 Å². The number of piperidine rings is 1. The van der Waals surface area contributed by atoms with Gasteiger partial charge in [-0.2, -0.15) is 0 Å². The highest BCUT2D eigenvalue weighted by Gasteiger charge is 2.43. The molecule has 0 unspecified atom stereocenters. The van der Waals surface area contributed by atoms with Gasteiger partial charge in [0, 0.05) is 26.7 Å². The molecule has 3 rings (SSSR count). The maximum atomic E-state index is 12.2. The molecule has 0 spiro atoms. The molecule has 19 heavy (non-hydrogen) atoms. The third kappa shape index (κ3) is 2.20. The van der Waals surface area contributed by atoms with Crippen LogP contribution in [0.4, 0.5) is 0 Å². The third-order valence-electron chi connectivity index (χ3n) is 4.11. The van der Waals surface area contributed by atoms with Crippen molar-refractivity contribution in [3.8, 4) is 0 Å². The van der Waals surface area contributed by atoms with E-state index in [0.29, 0.717) is 19.0 Å². The number of likely N-dealkylation sites (tertiary alicyclic amines) is 2. The van der Waals surface area contributed by atoms with Crippen LogP contribution in [-0.4, -0.2) is 63.1 Å². The van der Waals surface area contributed by atoms with Crippen LogP contribution in [0.3, 0.4) is 0 Å². The van der Waals surface area contributed by atoms with Crippen LogP contribution in [0.1, 0.15) is 6.42 Å². The van der Waals surface area contributed by atoms with Gasteiger partial charge < -0.3 is 14.4 Å². The van der Waals surface area contributed by atoms with Crippen molar-refractivity contribution in [2.45, 2.75) is 13.0 Å². The SMILES string of the molecule is CN1CC[C@@H]2CN(C(=O)Cn3cnnc3)C[C@@H]2C1=O. The Morgan fingerprint density at radius 1 is 1.37 bits per heavy atom. The van der Waals surface area contributed by atoms with Gasteiger partial charge in [0.15, 0.2) is 0 Å². The maximum Gasteiger partial charge on any atom is 0.242 e. The lowest BCUT2D eigenvalue weighted by molar-refractivity contribution is -0.138. The molecule has 7 nitrogen and oxygen atoms in total. The smallest absolute Gasteiger partial charge is 0.242 e. The molecule has 0 saturated carbocycles. The van der Waals surface area contributed by atoms with E-state index in [0.717, 1.165) is 13.0 Å². The molecule has 1 aromatic heterocycles. The molecule has 3 heterocycles. The van der Waals surface area contributed by atoms with E-state index in [9.17, 15) is 9.59 Å². The van der Waals surface area contributed by atoms with Crippen molar-refractivity contribution in [2.75, 3.05) is 26.7 Å². The first kappa shape index (κ1) is 12.1. The standard InChI is InChI=1S/C12H17N5O2/c1-15-3-2-9-4-17(5-10(9)12(15)19)11(18)6-16-7-13-14-8-16/h7-10H,2-6H2,1H3/t9-,10+/m1/s1. The molecule has 2 aliphatic rings. The molecule has 0 aliphatic carbocycles. The Balaban J connectivity index is 1.65. The highest BCUT2D eigenvalue weighted by atomic mass is 16.2. The Labute approximate surface area is 111 Å². The number of hydrogen-bond donors (Lipinski definition) is 0. The van der Waals surface area contributed by atoms with Crippen LogP contribution in [0.15, 0.2) is 12.7 Å². The fraction of sp³-hybridized carbons (Fsp3) is 0.667. The van der Waals surface area contributed by atoms with Gasteiger partial charge >= 0.3 is 0 Å². The van der Waals surface area contributed by atoms with Crippen LogP contribution in [0.25, 0.3) is 0 Å². The Kier molecular flexibility index (Phi) is 2.96. The van der Waals surface area contributed by atoms with Crippen LogP contribution in [0.5, 0.6) is 0 Å². The van der Waals surface area contributed by atoms with Crippen LogP contribution < -0.4 is 0 Å². The van der Waals surface area contributed by atoms with E-state index >= 15 is 0 Å². The third-order valence-corrected chi connectivity index (χ3v) is 4.11. The first-order chi connectivity index (χ1) is 9.15. The molecular formula is C12H17N5O2. The van der Waals surface area contributed by atoms with Crippen molar-refractivity contribution in [3.05, 3.63) is 12.7 Å². The van der Waals surface area contributed by atoms with E-state index in [1.807, 2.05) is 7.05 Å². The number of nitrogens with zero attached hydrogens (tertiary/aromatic N) is 5. The summed E-state index contributed by atoms with van der Waals surface area (Å²) in [5.41, 5.74) is 0. The molecule has 2 amide bonds. The van der Waals surface area contributed by atoms with Crippen molar-refractivity contribution < 1.29 is 9.59 Å². The monoisotopic (exact) mass is 263 g/mol. The Hall–Kier alpha value is -1.92. The van der Waals surface area contributed by atoms with Crippen molar-refractivity contribution in [2.24, 2.45) is 11.8 Å². The molecular weight excluding hydrogens is 246 g/mol. The number of aromatic nitrogens is 3. The summed E-state index contributed by atoms with van der Waals surface area (Å²) in [6.07, 6.45) is 4.04. The van der Waals surface area contributed by atoms with Crippen molar-refractivity contribution in [1.82, 2.24) is 24.6 Å². The average molecular weight is 263 g/mol. The van der Waals surface area contributed by atoms with Crippen molar-refractivity contribution >= 4 is 11.8 Å². The predicted octanol–water partition coefficient (Wildman–Crippen LogP) is -0.785. The molecule has 0 bridgehead atoms. The largest absolute Gasteiger partial charge is 0.345 e. The minimum atomic E-state index is -0.0105. The molecule has 2 aliphatic heterocycles. The molecule has 102 valence electrons. The summed E-state index contributed by atoms with van der Waals surface area (Å²) in [5.74, 6) is 0.526. The molecule has 1 aromatic rings. The summed E-state index contributed by atoms with van der Waals surface area (Å²) in [7, 11) is 1.83. The topological polar surface area (TPSA) is 71.3 Å². The van der Waals surface area contributed by atoms with E-state index in [2.05, 4.69) is 10.2 Å². The lowest BCUT2D eigenvalue weighted by atomic mass is 9.88. The zero-order valence-electron chi connectivity index (χ0n) is 10.9. The van der Waals surface area contributed by atoms with Crippen LogP contribution >= 0.6 is 0 Å². The molecule has 0 aromatic carbocycles. The van der Waals surface area contributed by atoms with Gasteiger partial charge in [0.2, 0.25) is 11.8 Å². The highest BCUT2D eigenvalue weighted by molar-refractivity contribution is 5.83. The molecule has 2 saturated heterocycles. The molecule has 2 fully saturated rings. The number of fused-ring (bicyclic) bond motifs is 1. The van der Waals surface area contributed by atoms with Crippen molar-refractivity contribution in [1.29, 1.82) is 0 Å². The van der Waals surface area contributed by atoms with Crippen molar-refractivity contribution in [3.63, 3.8) is 0 Å². The summed E-state index contributed by atoms with van der Waals surface area (Å²) in [6, 6.07) is 0. The summed E-state index contributed by atoms with van der Waals surface area (Å²) < 4.78 is 1.65. The predicted molar refractivity (Wildman–Crippen MR) is 65.8 cm³/mol.